The normalized spacial score (nSPS) is 11.8. The number of hydrogen-bond donors (Lipinski definition) is 4. The molecule has 0 spiro atoms. The molecule has 2 aromatic heterocycles. The Hall–Kier alpha value is -1.99. The largest absolute Gasteiger partial charge is 0.397 e. The zero-order valence-electron chi connectivity index (χ0n) is 12.2. The van der Waals surface area contributed by atoms with Gasteiger partial charge in [0.05, 0.1) is 16.0 Å². The van der Waals surface area contributed by atoms with E-state index in [-0.39, 0.29) is 0 Å². The number of thiophene rings is 1. The zero-order chi connectivity index (χ0) is 16.6. The molecule has 5 N–H and O–H groups in total. The highest BCUT2D eigenvalue weighted by atomic mass is 32.1. The number of aromatic nitrogens is 2. The molecule has 0 aliphatic carbocycles. The van der Waals surface area contributed by atoms with Gasteiger partial charge in [0.1, 0.15) is 23.3 Å². The van der Waals surface area contributed by atoms with E-state index in [2.05, 4.69) is 15.3 Å². The van der Waals surface area contributed by atoms with Crippen molar-refractivity contribution >= 4 is 40.7 Å². The minimum absolute atomic E-state index is 0.324. The van der Waals surface area contributed by atoms with E-state index in [1.54, 1.807) is 0 Å². The molecule has 3 rings (SSSR count). The lowest BCUT2D eigenvalue weighted by atomic mass is 10.1. The molecule has 0 radical (unpaired) electrons. The van der Waals surface area contributed by atoms with Crippen LogP contribution in [0.15, 0.2) is 30.6 Å². The third kappa shape index (κ3) is 3.35. The van der Waals surface area contributed by atoms with Gasteiger partial charge in [-0.3, -0.25) is 4.57 Å². The lowest BCUT2D eigenvalue weighted by molar-refractivity contribution is 0.375. The summed E-state index contributed by atoms with van der Waals surface area (Å²) in [5.41, 5.74) is 8.87. The molecule has 0 aliphatic heterocycles. The van der Waals surface area contributed by atoms with Crippen molar-refractivity contribution in [3.8, 4) is 10.4 Å². The molecule has 7 nitrogen and oxygen atoms in total. The zero-order valence-corrected chi connectivity index (χ0v) is 13.9. The highest BCUT2D eigenvalue weighted by Crippen LogP contribution is 2.43. The number of nitrogens with one attached hydrogen (secondary N) is 1. The number of nitrogens with two attached hydrogens (primary N) is 1. The van der Waals surface area contributed by atoms with Crippen LogP contribution in [0.4, 0.5) is 11.5 Å². The molecule has 2 heterocycles. The van der Waals surface area contributed by atoms with Gasteiger partial charge in [-0.2, -0.15) is 0 Å². The molecule has 3 aromatic rings. The predicted octanol–water partition coefficient (Wildman–Crippen LogP) is 2.80. The molecule has 120 valence electrons. The average molecular weight is 350 g/mol. The van der Waals surface area contributed by atoms with Crippen LogP contribution < -0.4 is 11.1 Å². The van der Waals surface area contributed by atoms with Crippen molar-refractivity contribution < 1.29 is 14.4 Å². The van der Waals surface area contributed by atoms with Gasteiger partial charge in [-0.05, 0) is 12.5 Å². The van der Waals surface area contributed by atoms with Gasteiger partial charge >= 0.3 is 7.60 Å². The highest BCUT2D eigenvalue weighted by Gasteiger charge is 2.19. The number of hydrogen-bond acceptors (Lipinski definition) is 6. The first-order valence-corrected chi connectivity index (χ1v) is 9.35. The monoisotopic (exact) mass is 350 g/mol. The van der Waals surface area contributed by atoms with Crippen LogP contribution in [0.3, 0.4) is 0 Å². The summed E-state index contributed by atoms with van der Waals surface area (Å²) in [6, 6.07) is 7.95. The van der Waals surface area contributed by atoms with E-state index in [0.29, 0.717) is 21.7 Å². The molecule has 23 heavy (non-hydrogen) atoms. The smallest absolute Gasteiger partial charge is 0.344 e. The molecule has 9 heteroatoms. The molecule has 0 atom stereocenters. The van der Waals surface area contributed by atoms with Crippen molar-refractivity contribution in [1.29, 1.82) is 0 Å². The lowest BCUT2D eigenvalue weighted by Gasteiger charge is -2.08. The van der Waals surface area contributed by atoms with Gasteiger partial charge in [0, 0.05) is 0 Å². The second-order valence-electron chi connectivity index (χ2n) is 5.11. The van der Waals surface area contributed by atoms with Crippen molar-refractivity contribution in [1.82, 2.24) is 9.97 Å². The van der Waals surface area contributed by atoms with Crippen LogP contribution in [-0.4, -0.2) is 26.0 Å². The van der Waals surface area contributed by atoms with Gasteiger partial charge in [-0.25, -0.2) is 9.97 Å². The summed E-state index contributed by atoms with van der Waals surface area (Å²) >= 11 is 1.42. The maximum Gasteiger partial charge on any atom is 0.344 e. The van der Waals surface area contributed by atoms with E-state index in [9.17, 15) is 4.57 Å². The predicted molar refractivity (Wildman–Crippen MR) is 92.5 cm³/mol. The summed E-state index contributed by atoms with van der Waals surface area (Å²) in [5.74, 6) is 0.324. The Morgan fingerprint density at radius 1 is 1.26 bits per heavy atom. The lowest BCUT2D eigenvalue weighted by Crippen LogP contribution is -2.05. The van der Waals surface area contributed by atoms with Gasteiger partial charge in [-0.15, -0.1) is 11.3 Å². The maximum atomic E-state index is 11.0. The van der Waals surface area contributed by atoms with Crippen LogP contribution in [-0.2, 0) is 4.57 Å². The Bertz CT molecular complexity index is 904. The summed E-state index contributed by atoms with van der Waals surface area (Å²) in [6.45, 7) is 2.01. The summed E-state index contributed by atoms with van der Waals surface area (Å²) in [4.78, 5) is 27.8. The van der Waals surface area contributed by atoms with Crippen LogP contribution in [0.5, 0.6) is 0 Å². The first kappa shape index (κ1) is 15.9. The number of fused-ring (bicyclic) bond motifs is 1. The van der Waals surface area contributed by atoms with Crippen molar-refractivity contribution in [2.75, 3.05) is 17.3 Å². The Balaban J connectivity index is 2.08. The highest BCUT2D eigenvalue weighted by molar-refractivity contribution is 7.51. The SMILES string of the molecule is Cc1ccc(-c2sc3ncnc(NCP(=O)(O)O)c3c2N)cc1. The summed E-state index contributed by atoms with van der Waals surface area (Å²) < 4.78 is 11.0. The maximum absolute atomic E-state index is 11.0. The van der Waals surface area contributed by atoms with Crippen molar-refractivity contribution in [2.24, 2.45) is 0 Å². The number of benzene rings is 1. The number of aryl methyl sites for hydroxylation is 1. The fourth-order valence-corrected chi connectivity index (χ4v) is 3.61. The van der Waals surface area contributed by atoms with E-state index >= 15 is 0 Å². The first-order valence-electron chi connectivity index (χ1n) is 6.73. The average Bonchev–Trinajstić information content (AvgIpc) is 2.83. The molecule has 1 aromatic carbocycles. The standard InChI is InChI=1S/C14H15N4O3PS/c1-8-2-4-9(5-3-8)12-11(15)10-13(18-7-22(19,20)21)16-6-17-14(10)23-12/h2-6H,7,15H2,1H3,(H,16,17,18)(H2,19,20,21). The van der Waals surface area contributed by atoms with Crippen molar-refractivity contribution in [3.63, 3.8) is 0 Å². The van der Waals surface area contributed by atoms with Crippen LogP contribution in [0.25, 0.3) is 20.7 Å². The van der Waals surface area contributed by atoms with Crippen LogP contribution in [0, 0.1) is 6.92 Å². The quantitative estimate of drug-likeness (QED) is 0.534. The van der Waals surface area contributed by atoms with Gasteiger partial charge < -0.3 is 20.8 Å². The third-order valence-corrected chi connectivity index (χ3v) is 5.02. The second kappa shape index (κ2) is 5.90. The minimum atomic E-state index is -4.19. The van der Waals surface area contributed by atoms with Crippen LogP contribution in [0.2, 0.25) is 0 Å². The number of rotatable bonds is 4. The van der Waals surface area contributed by atoms with Gasteiger partial charge in [0.25, 0.3) is 0 Å². The first-order chi connectivity index (χ1) is 10.8. The minimum Gasteiger partial charge on any atom is -0.397 e. The molecule has 0 aliphatic rings. The molecule has 0 saturated heterocycles. The summed E-state index contributed by atoms with van der Waals surface area (Å²) in [6.07, 6.45) is 0.841. The molecule has 0 bridgehead atoms. The van der Waals surface area contributed by atoms with Gasteiger partial charge in [0.15, 0.2) is 0 Å². The van der Waals surface area contributed by atoms with E-state index in [1.165, 1.54) is 17.7 Å². The summed E-state index contributed by atoms with van der Waals surface area (Å²) in [7, 11) is -4.19. The van der Waals surface area contributed by atoms with Crippen LogP contribution >= 0.6 is 18.9 Å². The second-order valence-corrected chi connectivity index (χ2v) is 7.76. The topological polar surface area (TPSA) is 121 Å². The van der Waals surface area contributed by atoms with E-state index in [0.717, 1.165) is 16.0 Å². The number of nitrogen functional groups attached to an aromatic ring is 1. The molecular weight excluding hydrogens is 335 g/mol. The Morgan fingerprint density at radius 2 is 1.96 bits per heavy atom. The third-order valence-electron chi connectivity index (χ3n) is 3.29. The van der Waals surface area contributed by atoms with Gasteiger partial charge in [0.2, 0.25) is 0 Å². The Labute approximate surface area is 136 Å². The Kier molecular flexibility index (Phi) is 4.08. The van der Waals surface area contributed by atoms with Crippen LogP contribution in [0.1, 0.15) is 5.56 Å². The van der Waals surface area contributed by atoms with Crippen molar-refractivity contribution in [2.45, 2.75) is 6.92 Å². The van der Waals surface area contributed by atoms with E-state index in [4.69, 9.17) is 15.5 Å². The van der Waals surface area contributed by atoms with Crippen molar-refractivity contribution in [3.05, 3.63) is 36.2 Å². The fourth-order valence-electron chi connectivity index (χ4n) is 2.19. The Morgan fingerprint density at radius 3 is 2.61 bits per heavy atom. The molecular formula is C14H15N4O3PS. The molecule has 0 unspecified atom stereocenters. The molecule has 0 amide bonds. The van der Waals surface area contributed by atoms with E-state index < -0.39 is 13.9 Å². The molecule has 0 saturated carbocycles. The fraction of sp³-hybridized carbons (Fsp3) is 0.143. The molecule has 0 fully saturated rings. The number of anilines is 2. The summed E-state index contributed by atoms with van der Waals surface area (Å²) in [5, 5.41) is 3.24. The van der Waals surface area contributed by atoms with Gasteiger partial charge in [-0.1, -0.05) is 29.8 Å². The van der Waals surface area contributed by atoms with E-state index in [1.807, 2.05) is 31.2 Å². The number of nitrogens with zero attached hydrogens (tertiary/aromatic N) is 2.